The molecule has 2 atom stereocenters. The van der Waals surface area contributed by atoms with E-state index in [1.165, 1.54) is 0 Å². The first-order valence-corrected chi connectivity index (χ1v) is 5.70. The molecule has 90 valence electrons. The lowest BCUT2D eigenvalue weighted by molar-refractivity contribution is 0.00523. The fourth-order valence-electron chi connectivity index (χ4n) is 1.63. The van der Waals surface area contributed by atoms with Crippen molar-refractivity contribution in [1.29, 1.82) is 0 Å². The molecule has 1 rings (SSSR count). The maximum absolute atomic E-state index is 5.95. The van der Waals surface area contributed by atoms with Crippen LogP contribution in [0, 0.1) is 18.3 Å². The largest absolute Gasteiger partial charge is 0.375 e. The number of hydrogen-bond donors (Lipinski definition) is 1. The molecular formula is C12H21N3O. The van der Waals surface area contributed by atoms with Gasteiger partial charge in [0.25, 0.3) is 0 Å². The maximum atomic E-state index is 5.95. The summed E-state index contributed by atoms with van der Waals surface area (Å²) in [7, 11) is 0. The smallest absolute Gasteiger partial charge is 0.192 e. The summed E-state index contributed by atoms with van der Waals surface area (Å²) in [6, 6.07) is -0.141. The Morgan fingerprint density at radius 3 is 2.81 bits per heavy atom. The van der Waals surface area contributed by atoms with E-state index in [-0.39, 0.29) is 12.1 Å². The quantitative estimate of drug-likeness (QED) is 0.425. The van der Waals surface area contributed by atoms with Gasteiger partial charge >= 0.3 is 0 Å². The zero-order valence-corrected chi connectivity index (χ0v) is 10.3. The first-order chi connectivity index (χ1) is 7.54. The molecule has 1 heterocycles. The summed E-state index contributed by atoms with van der Waals surface area (Å²) in [5.41, 5.74) is 5.95. The SMILES string of the molecule is C#CC(N=C(N)N1CCOC(C)C1)C(C)C. The Balaban J connectivity index is 2.65. The first kappa shape index (κ1) is 12.9. The van der Waals surface area contributed by atoms with Crippen molar-refractivity contribution in [2.45, 2.75) is 32.9 Å². The van der Waals surface area contributed by atoms with Crippen molar-refractivity contribution in [3.63, 3.8) is 0 Å². The van der Waals surface area contributed by atoms with E-state index in [1.807, 2.05) is 25.7 Å². The number of ether oxygens (including phenoxy) is 1. The molecule has 1 fully saturated rings. The Morgan fingerprint density at radius 2 is 2.31 bits per heavy atom. The van der Waals surface area contributed by atoms with Crippen LogP contribution in [0.5, 0.6) is 0 Å². The molecule has 16 heavy (non-hydrogen) atoms. The minimum absolute atomic E-state index is 0.141. The number of rotatable bonds is 2. The van der Waals surface area contributed by atoms with E-state index in [1.54, 1.807) is 0 Å². The molecule has 4 heteroatoms. The number of nitrogens with two attached hydrogens (primary N) is 1. The number of morpholine rings is 1. The van der Waals surface area contributed by atoms with Crippen molar-refractivity contribution >= 4 is 5.96 Å². The van der Waals surface area contributed by atoms with Crippen molar-refractivity contribution in [3.05, 3.63) is 0 Å². The summed E-state index contributed by atoms with van der Waals surface area (Å²) >= 11 is 0. The van der Waals surface area contributed by atoms with Gasteiger partial charge in [-0.05, 0) is 12.8 Å². The van der Waals surface area contributed by atoms with E-state index in [4.69, 9.17) is 16.9 Å². The average molecular weight is 223 g/mol. The molecule has 0 aliphatic carbocycles. The molecule has 1 saturated heterocycles. The van der Waals surface area contributed by atoms with Crippen LogP contribution in [0.4, 0.5) is 0 Å². The summed E-state index contributed by atoms with van der Waals surface area (Å²) in [4.78, 5) is 6.41. The van der Waals surface area contributed by atoms with Gasteiger partial charge in [-0.2, -0.15) is 0 Å². The summed E-state index contributed by atoms with van der Waals surface area (Å²) in [6.45, 7) is 8.38. The molecule has 0 aromatic carbocycles. The third kappa shape index (κ3) is 3.42. The Labute approximate surface area is 97.9 Å². The van der Waals surface area contributed by atoms with Gasteiger partial charge in [-0.3, -0.25) is 0 Å². The third-order valence-electron chi connectivity index (χ3n) is 2.64. The molecule has 0 saturated carbocycles. The van der Waals surface area contributed by atoms with E-state index < -0.39 is 0 Å². The van der Waals surface area contributed by atoms with Gasteiger partial charge in [0.2, 0.25) is 0 Å². The summed E-state index contributed by atoms with van der Waals surface area (Å²) < 4.78 is 5.44. The van der Waals surface area contributed by atoms with E-state index >= 15 is 0 Å². The highest BCUT2D eigenvalue weighted by molar-refractivity contribution is 5.78. The predicted octanol–water partition coefficient (Wildman–Crippen LogP) is 0.680. The van der Waals surface area contributed by atoms with E-state index in [2.05, 4.69) is 10.9 Å². The van der Waals surface area contributed by atoms with Gasteiger partial charge in [0.1, 0.15) is 6.04 Å². The van der Waals surface area contributed by atoms with Gasteiger partial charge in [0, 0.05) is 13.1 Å². The third-order valence-corrected chi connectivity index (χ3v) is 2.64. The van der Waals surface area contributed by atoms with Gasteiger partial charge in [-0.25, -0.2) is 4.99 Å². The van der Waals surface area contributed by atoms with Crippen LogP contribution in [0.1, 0.15) is 20.8 Å². The molecule has 2 unspecified atom stereocenters. The number of hydrogen-bond acceptors (Lipinski definition) is 2. The van der Waals surface area contributed by atoms with Crippen LogP contribution >= 0.6 is 0 Å². The van der Waals surface area contributed by atoms with Gasteiger partial charge in [-0.1, -0.05) is 19.8 Å². The van der Waals surface area contributed by atoms with E-state index in [9.17, 15) is 0 Å². The lowest BCUT2D eigenvalue weighted by Gasteiger charge is -2.32. The van der Waals surface area contributed by atoms with E-state index in [0.717, 1.165) is 13.1 Å². The normalized spacial score (nSPS) is 24.3. The molecule has 0 aromatic heterocycles. The second-order valence-corrected chi connectivity index (χ2v) is 4.47. The molecule has 4 nitrogen and oxygen atoms in total. The highest BCUT2D eigenvalue weighted by Gasteiger charge is 2.19. The lowest BCUT2D eigenvalue weighted by Crippen LogP contribution is -2.48. The Hall–Kier alpha value is -1.21. The maximum Gasteiger partial charge on any atom is 0.192 e. The highest BCUT2D eigenvalue weighted by atomic mass is 16.5. The summed E-state index contributed by atoms with van der Waals surface area (Å²) in [5, 5.41) is 0. The summed E-state index contributed by atoms with van der Waals surface area (Å²) in [5.74, 6) is 3.50. The van der Waals surface area contributed by atoms with Crippen LogP contribution in [-0.2, 0) is 4.74 Å². The number of guanidine groups is 1. The molecule has 0 amide bonds. The Morgan fingerprint density at radius 1 is 1.62 bits per heavy atom. The van der Waals surface area contributed by atoms with Crippen LogP contribution in [0.15, 0.2) is 4.99 Å². The lowest BCUT2D eigenvalue weighted by atomic mass is 10.1. The topological polar surface area (TPSA) is 50.8 Å². The van der Waals surface area contributed by atoms with Crippen LogP contribution in [0.2, 0.25) is 0 Å². The molecule has 0 bridgehead atoms. The average Bonchev–Trinajstić information content (AvgIpc) is 2.25. The zero-order chi connectivity index (χ0) is 12.1. The van der Waals surface area contributed by atoms with Gasteiger partial charge in [0.15, 0.2) is 5.96 Å². The summed E-state index contributed by atoms with van der Waals surface area (Å²) in [6.07, 6.45) is 5.62. The molecule has 0 radical (unpaired) electrons. The van der Waals surface area contributed by atoms with Crippen LogP contribution < -0.4 is 5.73 Å². The van der Waals surface area contributed by atoms with Crippen molar-refractivity contribution < 1.29 is 4.74 Å². The van der Waals surface area contributed by atoms with Gasteiger partial charge in [0.05, 0.1) is 12.7 Å². The van der Waals surface area contributed by atoms with Crippen molar-refractivity contribution in [2.24, 2.45) is 16.6 Å². The van der Waals surface area contributed by atoms with Gasteiger partial charge in [-0.15, -0.1) is 6.42 Å². The van der Waals surface area contributed by atoms with Crippen LogP contribution in [-0.4, -0.2) is 42.7 Å². The fraction of sp³-hybridized carbons (Fsp3) is 0.750. The van der Waals surface area contributed by atoms with Crippen molar-refractivity contribution in [3.8, 4) is 12.3 Å². The minimum Gasteiger partial charge on any atom is -0.375 e. The molecule has 0 aromatic rings. The predicted molar refractivity (Wildman–Crippen MR) is 66.1 cm³/mol. The molecule has 0 spiro atoms. The second kappa shape index (κ2) is 5.76. The molecule has 2 N–H and O–H groups in total. The molecule has 1 aliphatic heterocycles. The number of nitrogens with zero attached hydrogens (tertiary/aromatic N) is 2. The highest BCUT2D eigenvalue weighted by Crippen LogP contribution is 2.08. The van der Waals surface area contributed by atoms with Crippen molar-refractivity contribution in [2.75, 3.05) is 19.7 Å². The number of terminal acetylenes is 1. The standard InChI is InChI=1S/C12H21N3O/c1-5-11(9(2)3)14-12(13)15-6-7-16-10(4)8-15/h1,9-11H,6-8H2,2-4H3,(H2,13,14). The Bertz CT molecular complexity index is 293. The van der Waals surface area contributed by atoms with Crippen molar-refractivity contribution in [1.82, 2.24) is 4.90 Å². The Kier molecular flexibility index (Phi) is 4.63. The fourth-order valence-corrected chi connectivity index (χ4v) is 1.63. The zero-order valence-electron chi connectivity index (χ0n) is 10.3. The number of aliphatic imine (C=N–C) groups is 1. The molecular weight excluding hydrogens is 202 g/mol. The van der Waals surface area contributed by atoms with Gasteiger partial charge < -0.3 is 15.4 Å². The van der Waals surface area contributed by atoms with E-state index in [0.29, 0.717) is 18.5 Å². The second-order valence-electron chi connectivity index (χ2n) is 4.47. The monoisotopic (exact) mass is 223 g/mol. The minimum atomic E-state index is -0.141. The first-order valence-electron chi connectivity index (χ1n) is 5.70. The van der Waals surface area contributed by atoms with Crippen LogP contribution in [0.3, 0.4) is 0 Å². The molecule has 1 aliphatic rings. The van der Waals surface area contributed by atoms with Crippen LogP contribution in [0.25, 0.3) is 0 Å².